The van der Waals surface area contributed by atoms with Crippen LogP contribution in [0.15, 0.2) is 23.2 Å². The van der Waals surface area contributed by atoms with Gasteiger partial charge in [0.15, 0.2) is 0 Å². The lowest BCUT2D eigenvalue weighted by Crippen LogP contribution is -1.96. The monoisotopic (exact) mass is 237 g/mol. The highest BCUT2D eigenvalue weighted by Gasteiger charge is 2.20. The van der Waals surface area contributed by atoms with Crippen LogP contribution in [0, 0.1) is 0 Å². The molecule has 5 heteroatoms. The average Bonchev–Trinajstić information content (AvgIpc) is 2.81. The van der Waals surface area contributed by atoms with Gasteiger partial charge in [0, 0.05) is 11.6 Å². The van der Waals surface area contributed by atoms with E-state index in [1.54, 1.807) is 6.07 Å². The summed E-state index contributed by atoms with van der Waals surface area (Å²) >= 11 is 0. The van der Waals surface area contributed by atoms with E-state index in [1.807, 2.05) is 6.07 Å². The molecule has 84 valence electrons. The van der Waals surface area contributed by atoms with Gasteiger partial charge in [-0.15, -0.1) is 0 Å². The van der Waals surface area contributed by atoms with Crippen LogP contribution in [-0.2, 0) is 23.0 Å². The van der Waals surface area contributed by atoms with E-state index in [1.165, 1.54) is 17.3 Å². The first-order valence-corrected chi connectivity index (χ1v) is 6.61. The second-order valence-corrected chi connectivity index (χ2v) is 5.50. The second-order valence-electron chi connectivity index (χ2n) is 4.11. The second kappa shape index (κ2) is 3.09. The fraction of sp³-hybridized carbons (Fsp3) is 0.273. The van der Waals surface area contributed by atoms with E-state index < -0.39 is 10.1 Å². The van der Waals surface area contributed by atoms with Crippen LogP contribution in [-0.4, -0.2) is 18.0 Å². The van der Waals surface area contributed by atoms with E-state index in [0.717, 1.165) is 24.8 Å². The molecule has 3 rings (SSSR count). The van der Waals surface area contributed by atoms with Crippen molar-refractivity contribution < 1.29 is 13.0 Å². The van der Waals surface area contributed by atoms with Gasteiger partial charge in [0.2, 0.25) is 0 Å². The van der Waals surface area contributed by atoms with Crippen LogP contribution in [0.2, 0.25) is 0 Å². The summed E-state index contributed by atoms with van der Waals surface area (Å²) in [6, 6.07) is 3.71. The Morgan fingerprint density at radius 1 is 1.25 bits per heavy atom. The standard InChI is InChI=1S/C11H11NO3S/c13-16(14,15)10-6-12-11-8-3-1-2-7(8)4-5-9(10)11/h4-6,12H,1-3H2,(H,13,14,15). The quantitative estimate of drug-likeness (QED) is 0.744. The summed E-state index contributed by atoms with van der Waals surface area (Å²) in [5.74, 6) is 0. The number of hydrogen-bond donors (Lipinski definition) is 2. The molecule has 2 N–H and O–H groups in total. The van der Waals surface area contributed by atoms with Crippen LogP contribution in [0.4, 0.5) is 0 Å². The maximum atomic E-state index is 11.1. The number of aromatic amines is 1. The van der Waals surface area contributed by atoms with E-state index in [2.05, 4.69) is 4.98 Å². The van der Waals surface area contributed by atoms with Gasteiger partial charge in [-0.3, -0.25) is 4.55 Å². The fourth-order valence-electron chi connectivity index (χ4n) is 2.47. The summed E-state index contributed by atoms with van der Waals surface area (Å²) in [6.07, 6.45) is 4.48. The number of aryl methyl sites for hydroxylation is 2. The minimum absolute atomic E-state index is 0.0304. The molecule has 0 amide bonds. The normalized spacial score (nSPS) is 15.6. The molecule has 0 radical (unpaired) electrons. The number of H-pyrrole nitrogens is 1. The molecule has 1 aromatic carbocycles. The Morgan fingerprint density at radius 3 is 2.81 bits per heavy atom. The predicted molar refractivity (Wildman–Crippen MR) is 60.1 cm³/mol. The van der Waals surface area contributed by atoms with Gasteiger partial charge in [0.25, 0.3) is 10.1 Å². The molecule has 16 heavy (non-hydrogen) atoms. The first kappa shape index (κ1) is 9.86. The van der Waals surface area contributed by atoms with Crippen LogP contribution < -0.4 is 0 Å². The third kappa shape index (κ3) is 1.28. The van der Waals surface area contributed by atoms with Crippen molar-refractivity contribution in [2.24, 2.45) is 0 Å². The topological polar surface area (TPSA) is 70.2 Å². The van der Waals surface area contributed by atoms with Crippen molar-refractivity contribution in [3.05, 3.63) is 29.5 Å². The third-order valence-corrected chi connectivity index (χ3v) is 4.07. The van der Waals surface area contributed by atoms with Gasteiger partial charge in [-0.25, -0.2) is 0 Å². The molecule has 2 aromatic rings. The van der Waals surface area contributed by atoms with Crippen molar-refractivity contribution in [3.63, 3.8) is 0 Å². The van der Waals surface area contributed by atoms with Gasteiger partial charge >= 0.3 is 0 Å². The first-order chi connectivity index (χ1) is 7.57. The summed E-state index contributed by atoms with van der Waals surface area (Å²) in [6.45, 7) is 0. The Kier molecular flexibility index (Phi) is 1.90. The van der Waals surface area contributed by atoms with Crippen LogP contribution in [0.1, 0.15) is 17.5 Å². The van der Waals surface area contributed by atoms with Crippen molar-refractivity contribution in [1.29, 1.82) is 0 Å². The smallest absolute Gasteiger partial charge is 0.296 e. The van der Waals surface area contributed by atoms with E-state index >= 15 is 0 Å². The predicted octanol–water partition coefficient (Wildman–Crippen LogP) is 1.90. The molecule has 0 atom stereocenters. The largest absolute Gasteiger partial charge is 0.360 e. The van der Waals surface area contributed by atoms with Gasteiger partial charge in [0.05, 0.1) is 5.52 Å². The molecule has 0 bridgehead atoms. The highest BCUT2D eigenvalue weighted by Crippen LogP contribution is 2.32. The zero-order chi connectivity index (χ0) is 11.3. The molecule has 0 saturated carbocycles. The molecular formula is C11H11NO3S. The summed E-state index contributed by atoms with van der Waals surface area (Å²) in [7, 11) is -4.13. The van der Waals surface area contributed by atoms with Gasteiger partial charge in [-0.2, -0.15) is 8.42 Å². The Bertz CT molecular complexity index is 670. The van der Waals surface area contributed by atoms with Crippen LogP contribution in [0.25, 0.3) is 10.9 Å². The zero-order valence-electron chi connectivity index (χ0n) is 8.53. The number of aromatic nitrogens is 1. The lowest BCUT2D eigenvalue weighted by Gasteiger charge is -2.01. The molecule has 0 saturated heterocycles. The Morgan fingerprint density at radius 2 is 2.06 bits per heavy atom. The molecule has 1 aliphatic rings. The van der Waals surface area contributed by atoms with E-state index in [0.29, 0.717) is 5.39 Å². The molecule has 0 spiro atoms. The lowest BCUT2D eigenvalue weighted by molar-refractivity contribution is 0.484. The Labute approximate surface area is 93.0 Å². The number of benzene rings is 1. The van der Waals surface area contributed by atoms with Crippen LogP contribution in [0.5, 0.6) is 0 Å². The van der Waals surface area contributed by atoms with E-state index in [9.17, 15) is 8.42 Å². The number of nitrogens with one attached hydrogen (secondary N) is 1. The SMILES string of the molecule is O=S(=O)(O)c1c[nH]c2c3c(ccc12)CCC3. The van der Waals surface area contributed by atoms with E-state index in [4.69, 9.17) is 4.55 Å². The average molecular weight is 237 g/mol. The van der Waals surface area contributed by atoms with Crippen molar-refractivity contribution in [2.75, 3.05) is 0 Å². The minimum atomic E-state index is -4.13. The summed E-state index contributed by atoms with van der Waals surface area (Å²) in [4.78, 5) is 2.93. The summed E-state index contributed by atoms with van der Waals surface area (Å²) < 4.78 is 31.4. The number of fused-ring (bicyclic) bond motifs is 3. The molecule has 0 unspecified atom stereocenters. The lowest BCUT2D eigenvalue weighted by atomic mass is 10.1. The summed E-state index contributed by atoms with van der Waals surface area (Å²) in [5, 5.41) is 0.586. The molecular weight excluding hydrogens is 226 g/mol. The maximum absolute atomic E-state index is 11.1. The molecule has 0 fully saturated rings. The van der Waals surface area contributed by atoms with Gasteiger partial charge in [-0.05, 0) is 30.4 Å². The first-order valence-electron chi connectivity index (χ1n) is 5.17. The molecule has 1 heterocycles. The molecule has 1 aliphatic carbocycles. The third-order valence-electron chi connectivity index (χ3n) is 3.17. The highest BCUT2D eigenvalue weighted by molar-refractivity contribution is 7.86. The van der Waals surface area contributed by atoms with Crippen LogP contribution in [0.3, 0.4) is 0 Å². The maximum Gasteiger partial charge on any atom is 0.296 e. The van der Waals surface area contributed by atoms with Crippen LogP contribution >= 0.6 is 0 Å². The number of hydrogen-bond acceptors (Lipinski definition) is 2. The summed E-state index contributed by atoms with van der Waals surface area (Å²) in [5.41, 5.74) is 3.31. The minimum Gasteiger partial charge on any atom is -0.360 e. The van der Waals surface area contributed by atoms with Gasteiger partial charge in [0.1, 0.15) is 4.90 Å². The van der Waals surface area contributed by atoms with Crippen molar-refractivity contribution in [2.45, 2.75) is 24.2 Å². The van der Waals surface area contributed by atoms with Crippen molar-refractivity contribution in [3.8, 4) is 0 Å². The van der Waals surface area contributed by atoms with Crippen molar-refractivity contribution >= 4 is 21.0 Å². The Hall–Kier alpha value is -1.33. The van der Waals surface area contributed by atoms with E-state index in [-0.39, 0.29) is 4.90 Å². The van der Waals surface area contributed by atoms with Gasteiger partial charge in [-0.1, -0.05) is 12.1 Å². The zero-order valence-corrected chi connectivity index (χ0v) is 9.34. The highest BCUT2D eigenvalue weighted by atomic mass is 32.2. The molecule has 0 aliphatic heterocycles. The van der Waals surface area contributed by atoms with Crippen molar-refractivity contribution in [1.82, 2.24) is 4.98 Å². The number of rotatable bonds is 1. The fourth-order valence-corrected chi connectivity index (χ4v) is 3.12. The van der Waals surface area contributed by atoms with Gasteiger partial charge < -0.3 is 4.98 Å². The molecule has 4 nitrogen and oxygen atoms in total. The molecule has 1 aromatic heterocycles. The Balaban J connectivity index is 2.39.